The van der Waals surface area contributed by atoms with Crippen LogP contribution in [0.25, 0.3) is 5.69 Å². The molecule has 1 amide bonds. The van der Waals surface area contributed by atoms with Crippen LogP contribution in [0.4, 0.5) is 0 Å². The molecule has 0 saturated heterocycles. The van der Waals surface area contributed by atoms with Crippen LogP contribution in [0.3, 0.4) is 0 Å². The third-order valence-corrected chi connectivity index (χ3v) is 3.74. The van der Waals surface area contributed by atoms with Crippen molar-refractivity contribution in [3.8, 4) is 5.69 Å². The average molecular weight is 309 g/mol. The summed E-state index contributed by atoms with van der Waals surface area (Å²) in [4.78, 5) is 12.3. The Balaban J connectivity index is 1.69. The smallest absolute Gasteiger partial charge is 0.254 e. The van der Waals surface area contributed by atoms with Crippen molar-refractivity contribution < 1.29 is 9.21 Å². The highest BCUT2D eigenvalue weighted by Crippen LogP contribution is 2.15. The van der Waals surface area contributed by atoms with Crippen LogP contribution in [-0.2, 0) is 6.42 Å². The number of aryl methyl sites for hydroxylation is 1. The Morgan fingerprint density at radius 3 is 2.87 bits per heavy atom. The Morgan fingerprint density at radius 2 is 2.13 bits per heavy atom. The Kier molecular flexibility index (Phi) is 4.28. The molecule has 0 bridgehead atoms. The van der Waals surface area contributed by atoms with Crippen LogP contribution < -0.4 is 5.32 Å². The van der Waals surface area contributed by atoms with Crippen molar-refractivity contribution >= 4 is 5.91 Å². The largest absolute Gasteiger partial charge is 0.469 e. The summed E-state index contributed by atoms with van der Waals surface area (Å²) < 4.78 is 7.04. The molecule has 1 N–H and O–H groups in total. The van der Waals surface area contributed by atoms with E-state index in [1.165, 1.54) is 0 Å². The second-order valence-corrected chi connectivity index (χ2v) is 5.48. The van der Waals surface area contributed by atoms with Crippen LogP contribution >= 0.6 is 0 Å². The zero-order valence-corrected chi connectivity index (χ0v) is 13.2. The zero-order valence-electron chi connectivity index (χ0n) is 13.2. The highest BCUT2D eigenvalue weighted by atomic mass is 16.3. The lowest BCUT2D eigenvalue weighted by Gasteiger charge is -2.07. The molecule has 23 heavy (non-hydrogen) atoms. The van der Waals surface area contributed by atoms with Crippen LogP contribution in [0.5, 0.6) is 0 Å². The van der Waals surface area contributed by atoms with E-state index in [9.17, 15) is 4.79 Å². The summed E-state index contributed by atoms with van der Waals surface area (Å²) in [5.74, 6) is 0.741. The van der Waals surface area contributed by atoms with Gasteiger partial charge in [-0.25, -0.2) is 4.68 Å². The first-order chi connectivity index (χ1) is 11.1. The maximum Gasteiger partial charge on any atom is 0.254 e. The van der Waals surface area contributed by atoms with E-state index in [0.29, 0.717) is 18.5 Å². The molecule has 0 aliphatic heterocycles. The number of benzene rings is 1. The number of hydrogen-bond acceptors (Lipinski definition) is 3. The summed E-state index contributed by atoms with van der Waals surface area (Å²) in [5, 5.41) is 7.25. The molecular weight excluding hydrogens is 290 g/mol. The maximum atomic E-state index is 12.3. The third kappa shape index (κ3) is 3.34. The molecule has 0 atom stereocenters. The summed E-state index contributed by atoms with van der Waals surface area (Å²) in [6.45, 7) is 4.46. The number of amides is 1. The molecule has 0 aliphatic rings. The minimum absolute atomic E-state index is 0.118. The van der Waals surface area contributed by atoms with E-state index in [0.717, 1.165) is 22.7 Å². The number of aromatic nitrogens is 2. The van der Waals surface area contributed by atoms with Crippen molar-refractivity contribution in [2.75, 3.05) is 6.54 Å². The van der Waals surface area contributed by atoms with Gasteiger partial charge in [-0.3, -0.25) is 4.79 Å². The standard InChI is InChI=1S/C18H19N3O2/c1-13-5-3-6-15(11-13)21-14(2)17(12-20-21)18(22)19-9-8-16-7-4-10-23-16/h3-7,10-12H,8-9H2,1-2H3,(H,19,22). The van der Waals surface area contributed by atoms with Crippen LogP contribution in [0.15, 0.2) is 53.3 Å². The minimum atomic E-state index is -0.118. The van der Waals surface area contributed by atoms with E-state index in [1.54, 1.807) is 17.1 Å². The van der Waals surface area contributed by atoms with Gasteiger partial charge in [0.05, 0.1) is 29.4 Å². The molecule has 2 heterocycles. The lowest BCUT2D eigenvalue weighted by Crippen LogP contribution is -2.26. The van der Waals surface area contributed by atoms with Crippen molar-refractivity contribution in [3.63, 3.8) is 0 Å². The molecule has 5 nitrogen and oxygen atoms in total. The molecule has 0 aliphatic carbocycles. The Labute approximate surface area is 134 Å². The van der Waals surface area contributed by atoms with Gasteiger partial charge in [0.1, 0.15) is 5.76 Å². The molecule has 0 unspecified atom stereocenters. The summed E-state index contributed by atoms with van der Waals surface area (Å²) in [5.41, 5.74) is 3.52. The number of carbonyl (C=O) groups excluding carboxylic acids is 1. The SMILES string of the molecule is Cc1cccc(-n2ncc(C(=O)NCCc3ccco3)c2C)c1. The first-order valence-corrected chi connectivity index (χ1v) is 7.57. The van der Waals surface area contributed by atoms with E-state index < -0.39 is 0 Å². The quantitative estimate of drug-likeness (QED) is 0.788. The molecule has 0 radical (unpaired) electrons. The number of hydrogen-bond donors (Lipinski definition) is 1. The summed E-state index contributed by atoms with van der Waals surface area (Å²) in [6, 6.07) is 11.8. The molecule has 3 rings (SSSR count). The predicted octanol–water partition coefficient (Wildman–Crippen LogP) is 3.05. The average Bonchev–Trinajstić information content (AvgIpc) is 3.17. The summed E-state index contributed by atoms with van der Waals surface area (Å²) in [7, 11) is 0. The zero-order chi connectivity index (χ0) is 16.2. The first kappa shape index (κ1) is 15.1. The fourth-order valence-corrected chi connectivity index (χ4v) is 2.50. The second kappa shape index (κ2) is 6.52. The van der Waals surface area contributed by atoms with E-state index in [2.05, 4.69) is 10.4 Å². The number of carbonyl (C=O) groups is 1. The van der Waals surface area contributed by atoms with Gasteiger partial charge in [-0.05, 0) is 43.7 Å². The lowest BCUT2D eigenvalue weighted by molar-refractivity contribution is 0.0953. The molecular formula is C18H19N3O2. The van der Waals surface area contributed by atoms with Crippen molar-refractivity contribution in [1.82, 2.24) is 15.1 Å². The Hall–Kier alpha value is -2.82. The maximum absolute atomic E-state index is 12.3. The van der Waals surface area contributed by atoms with Crippen LogP contribution in [0.2, 0.25) is 0 Å². The molecule has 3 aromatic rings. The number of nitrogens with one attached hydrogen (secondary N) is 1. The van der Waals surface area contributed by atoms with Crippen LogP contribution in [0.1, 0.15) is 27.4 Å². The van der Waals surface area contributed by atoms with Gasteiger partial charge in [-0.15, -0.1) is 0 Å². The molecule has 118 valence electrons. The van der Waals surface area contributed by atoms with E-state index in [1.807, 2.05) is 50.2 Å². The molecule has 0 saturated carbocycles. The van der Waals surface area contributed by atoms with Crippen LogP contribution in [0, 0.1) is 13.8 Å². The van der Waals surface area contributed by atoms with E-state index in [-0.39, 0.29) is 5.91 Å². The van der Waals surface area contributed by atoms with Crippen molar-refractivity contribution in [2.24, 2.45) is 0 Å². The fourth-order valence-electron chi connectivity index (χ4n) is 2.50. The van der Waals surface area contributed by atoms with Gasteiger partial charge >= 0.3 is 0 Å². The molecule has 5 heteroatoms. The third-order valence-electron chi connectivity index (χ3n) is 3.74. The first-order valence-electron chi connectivity index (χ1n) is 7.57. The van der Waals surface area contributed by atoms with Gasteiger partial charge in [0.15, 0.2) is 0 Å². The van der Waals surface area contributed by atoms with Crippen LogP contribution in [-0.4, -0.2) is 22.2 Å². The summed E-state index contributed by atoms with van der Waals surface area (Å²) in [6.07, 6.45) is 3.91. The normalized spacial score (nSPS) is 10.7. The number of rotatable bonds is 5. The van der Waals surface area contributed by atoms with Crippen molar-refractivity contribution in [3.05, 3.63) is 71.4 Å². The van der Waals surface area contributed by atoms with Crippen molar-refractivity contribution in [2.45, 2.75) is 20.3 Å². The van der Waals surface area contributed by atoms with Gasteiger partial charge in [0, 0.05) is 13.0 Å². The lowest BCUT2D eigenvalue weighted by atomic mass is 10.2. The molecule has 0 spiro atoms. The topological polar surface area (TPSA) is 60.1 Å². The molecule has 1 aromatic carbocycles. The van der Waals surface area contributed by atoms with Gasteiger partial charge in [-0.2, -0.15) is 5.10 Å². The highest BCUT2D eigenvalue weighted by molar-refractivity contribution is 5.95. The predicted molar refractivity (Wildman–Crippen MR) is 87.8 cm³/mol. The van der Waals surface area contributed by atoms with Gasteiger partial charge in [0.2, 0.25) is 0 Å². The second-order valence-electron chi connectivity index (χ2n) is 5.48. The van der Waals surface area contributed by atoms with Gasteiger partial charge in [-0.1, -0.05) is 12.1 Å². The highest BCUT2D eigenvalue weighted by Gasteiger charge is 2.14. The summed E-state index contributed by atoms with van der Waals surface area (Å²) >= 11 is 0. The number of nitrogens with zero attached hydrogens (tertiary/aromatic N) is 2. The van der Waals surface area contributed by atoms with E-state index in [4.69, 9.17) is 4.42 Å². The van der Waals surface area contributed by atoms with Gasteiger partial charge in [0.25, 0.3) is 5.91 Å². The molecule has 0 fully saturated rings. The minimum Gasteiger partial charge on any atom is -0.469 e. The Morgan fingerprint density at radius 1 is 1.26 bits per heavy atom. The van der Waals surface area contributed by atoms with Gasteiger partial charge < -0.3 is 9.73 Å². The Bertz CT molecular complexity index is 804. The van der Waals surface area contributed by atoms with Crippen molar-refractivity contribution in [1.29, 1.82) is 0 Å². The monoisotopic (exact) mass is 309 g/mol. The fraction of sp³-hybridized carbons (Fsp3) is 0.222. The van der Waals surface area contributed by atoms with E-state index >= 15 is 0 Å². The molecule has 2 aromatic heterocycles. The number of furan rings is 1.